The number of esters is 1. The Kier molecular flexibility index (Phi) is 4.78. The lowest BCUT2D eigenvalue weighted by Gasteiger charge is -2.33. The van der Waals surface area contributed by atoms with Gasteiger partial charge in [0.2, 0.25) is 5.89 Å². The zero-order valence-electron chi connectivity index (χ0n) is 14.3. The normalized spacial score (nSPS) is 17.8. The Morgan fingerprint density at radius 1 is 1.38 bits per heavy atom. The number of carbonyl (C=O) groups is 1. The van der Waals surface area contributed by atoms with E-state index in [4.69, 9.17) is 9.26 Å². The average molecular weight is 330 g/mol. The fourth-order valence-electron chi connectivity index (χ4n) is 3.17. The largest absolute Gasteiger partial charge is 0.465 e. The number of rotatable bonds is 4. The molecule has 0 aliphatic carbocycles. The molecule has 0 radical (unpaired) electrons. The van der Waals surface area contributed by atoms with Crippen LogP contribution in [0.2, 0.25) is 0 Å². The van der Waals surface area contributed by atoms with Crippen molar-refractivity contribution in [1.82, 2.24) is 15.1 Å². The molecule has 0 aromatic carbocycles. The van der Waals surface area contributed by atoms with Gasteiger partial charge in [-0.25, -0.2) is 9.78 Å². The summed E-state index contributed by atoms with van der Waals surface area (Å²) in [6.45, 7) is 5.50. The Hall–Kier alpha value is -2.44. The standard InChI is InChI=1S/C17H22N4O3/c1-11-14(17(22)23-3)6-7-16(18-11)21-8-4-5-13(10-21)9-15-19-12(2)24-20-15/h6-7,13H,4-5,8-10H2,1-3H3. The lowest BCUT2D eigenvalue weighted by Crippen LogP contribution is -2.37. The van der Waals surface area contributed by atoms with E-state index >= 15 is 0 Å². The second-order valence-corrected chi connectivity index (χ2v) is 6.18. The zero-order chi connectivity index (χ0) is 17.1. The molecule has 0 bridgehead atoms. The van der Waals surface area contributed by atoms with Gasteiger partial charge in [-0.15, -0.1) is 0 Å². The Morgan fingerprint density at radius 3 is 2.88 bits per heavy atom. The number of nitrogens with zero attached hydrogens (tertiary/aromatic N) is 4. The van der Waals surface area contributed by atoms with Gasteiger partial charge in [0.05, 0.1) is 18.4 Å². The number of ether oxygens (including phenoxy) is 1. The molecule has 1 unspecified atom stereocenters. The molecule has 7 nitrogen and oxygen atoms in total. The Balaban J connectivity index is 1.70. The van der Waals surface area contributed by atoms with Gasteiger partial charge < -0.3 is 14.2 Å². The fourth-order valence-corrected chi connectivity index (χ4v) is 3.17. The number of aryl methyl sites for hydroxylation is 2. The van der Waals surface area contributed by atoms with Crippen molar-refractivity contribution >= 4 is 11.8 Å². The molecule has 2 aromatic rings. The van der Waals surface area contributed by atoms with Crippen molar-refractivity contribution in [2.75, 3.05) is 25.1 Å². The highest BCUT2D eigenvalue weighted by atomic mass is 16.5. The quantitative estimate of drug-likeness (QED) is 0.796. The van der Waals surface area contributed by atoms with Crippen molar-refractivity contribution in [3.63, 3.8) is 0 Å². The molecule has 3 rings (SSSR count). The van der Waals surface area contributed by atoms with E-state index < -0.39 is 0 Å². The van der Waals surface area contributed by atoms with Gasteiger partial charge in [-0.2, -0.15) is 4.98 Å². The van der Waals surface area contributed by atoms with Crippen molar-refractivity contribution in [2.24, 2.45) is 5.92 Å². The molecule has 24 heavy (non-hydrogen) atoms. The molecule has 128 valence electrons. The Bertz CT molecular complexity index is 728. The van der Waals surface area contributed by atoms with Crippen LogP contribution in [0.1, 0.15) is 40.6 Å². The van der Waals surface area contributed by atoms with E-state index in [9.17, 15) is 4.79 Å². The summed E-state index contributed by atoms with van der Waals surface area (Å²) < 4.78 is 9.82. The van der Waals surface area contributed by atoms with E-state index in [1.807, 2.05) is 13.0 Å². The molecular weight excluding hydrogens is 308 g/mol. The lowest BCUT2D eigenvalue weighted by molar-refractivity contribution is 0.0599. The molecule has 1 fully saturated rings. The Morgan fingerprint density at radius 2 is 2.21 bits per heavy atom. The average Bonchev–Trinajstić information content (AvgIpc) is 2.99. The van der Waals surface area contributed by atoms with Gasteiger partial charge >= 0.3 is 5.97 Å². The minimum Gasteiger partial charge on any atom is -0.465 e. The third-order valence-electron chi connectivity index (χ3n) is 4.36. The summed E-state index contributed by atoms with van der Waals surface area (Å²) in [6.07, 6.45) is 3.05. The smallest absolute Gasteiger partial charge is 0.339 e. The first-order chi connectivity index (χ1) is 11.6. The number of carbonyl (C=O) groups excluding carboxylic acids is 1. The molecular formula is C17H22N4O3. The summed E-state index contributed by atoms with van der Waals surface area (Å²) in [5.41, 5.74) is 1.20. The van der Waals surface area contributed by atoms with E-state index in [0.29, 0.717) is 23.1 Å². The van der Waals surface area contributed by atoms with Crippen molar-refractivity contribution < 1.29 is 14.1 Å². The van der Waals surface area contributed by atoms with Crippen LogP contribution in [-0.4, -0.2) is 41.3 Å². The van der Waals surface area contributed by atoms with Crippen LogP contribution in [0.5, 0.6) is 0 Å². The van der Waals surface area contributed by atoms with E-state index in [0.717, 1.165) is 44.0 Å². The Labute approximate surface area is 141 Å². The number of anilines is 1. The molecule has 1 aliphatic heterocycles. The monoisotopic (exact) mass is 330 g/mol. The topological polar surface area (TPSA) is 81.4 Å². The summed E-state index contributed by atoms with van der Waals surface area (Å²) in [5, 5.41) is 3.99. The van der Waals surface area contributed by atoms with Crippen molar-refractivity contribution in [1.29, 1.82) is 0 Å². The highest BCUT2D eigenvalue weighted by Crippen LogP contribution is 2.25. The molecule has 1 saturated heterocycles. The van der Waals surface area contributed by atoms with Crippen LogP contribution in [0.3, 0.4) is 0 Å². The van der Waals surface area contributed by atoms with Gasteiger partial charge in [0.1, 0.15) is 5.82 Å². The van der Waals surface area contributed by atoms with Gasteiger partial charge in [-0.3, -0.25) is 0 Å². The molecule has 0 amide bonds. The minimum atomic E-state index is -0.351. The van der Waals surface area contributed by atoms with Crippen molar-refractivity contribution in [3.8, 4) is 0 Å². The predicted molar refractivity (Wildman–Crippen MR) is 88.0 cm³/mol. The number of pyridine rings is 1. The highest BCUT2D eigenvalue weighted by molar-refractivity contribution is 5.90. The maximum atomic E-state index is 11.7. The first kappa shape index (κ1) is 16.4. The molecule has 2 aromatic heterocycles. The van der Waals surface area contributed by atoms with E-state index in [1.54, 1.807) is 13.0 Å². The van der Waals surface area contributed by atoms with Gasteiger partial charge in [0, 0.05) is 26.4 Å². The highest BCUT2D eigenvalue weighted by Gasteiger charge is 2.23. The summed E-state index contributed by atoms with van der Waals surface area (Å²) in [5.74, 6) is 2.39. The fraction of sp³-hybridized carbons (Fsp3) is 0.529. The van der Waals surface area contributed by atoms with Crippen molar-refractivity contribution in [2.45, 2.75) is 33.1 Å². The maximum absolute atomic E-state index is 11.7. The third-order valence-corrected chi connectivity index (χ3v) is 4.36. The van der Waals surface area contributed by atoms with Crippen LogP contribution in [-0.2, 0) is 11.2 Å². The molecule has 0 spiro atoms. The first-order valence-electron chi connectivity index (χ1n) is 8.17. The van der Waals surface area contributed by atoms with Gasteiger partial charge in [-0.1, -0.05) is 5.16 Å². The number of hydrogen-bond acceptors (Lipinski definition) is 7. The van der Waals surface area contributed by atoms with E-state index in [-0.39, 0.29) is 5.97 Å². The van der Waals surface area contributed by atoms with Crippen LogP contribution in [0, 0.1) is 19.8 Å². The van der Waals surface area contributed by atoms with Crippen LogP contribution in [0.25, 0.3) is 0 Å². The maximum Gasteiger partial charge on any atom is 0.339 e. The van der Waals surface area contributed by atoms with E-state index in [1.165, 1.54) is 7.11 Å². The summed E-state index contributed by atoms with van der Waals surface area (Å²) >= 11 is 0. The number of methoxy groups -OCH3 is 1. The van der Waals surface area contributed by atoms with Gasteiger partial charge in [0.15, 0.2) is 5.82 Å². The van der Waals surface area contributed by atoms with Crippen LogP contribution in [0.15, 0.2) is 16.7 Å². The van der Waals surface area contributed by atoms with Gasteiger partial charge in [0.25, 0.3) is 0 Å². The second kappa shape index (κ2) is 6.98. The third kappa shape index (κ3) is 3.55. The minimum absolute atomic E-state index is 0.351. The van der Waals surface area contributed by atoms with E-state index in [2.05, 4.69) is 20.0 Å². The van der Waals surface area contributed by atoms with Crippen LogP contribution < -0.4 is 4.90 Å². The number of hydrogen-bond donors (Lipinski definition) is 0. The SMILES string of the molecule is COC(=O)c1ccc(N2CCCC(Cc3noc(C)n3)C2)nc1C. The molecule has 0 saturated carbocycles. The summed E-state index contributed by atoms with van der Waals surface area (Å²) in [6, 6.07) is 3.68. The van der Waals surface area contributed by atoms with Crippen molar-refractivity contribution in [3.05, 3.63) is 35.1 Å². The molecule has 3 heterocycles. The van der Waals surface area contributed by atoms with Gasteiger partial charge in [-0.05, 0) is 37.8 Å². The zero-order valence-corrected chi connectivity index (χ0v) is 14.3. The second-order valence-electron chi connectivity index (χ2n) is 6.18. The molecule has 1 aliphatic rings. The van der Waals surface area contributed by atoms with Crippen LogP contribution >= 0.6 is 0 Å². The first-order valence-corrected chi connectivity index (χ1v) is 8.17. The predicted octanol–water partition coefficient (Wildman–Crippen LogP) is 2.33. The number of aromatic nitrogens is 3. The molecule has 0 N–H and O–H groups in total. The molecule has 7 heteroatoms. The summed E-state index contributed by atoms with van der Waals surface area (Å²) in [7, 11) is 1.38. The van der Waals surface area contributed by atoms with Crippen LogP contribution in [0.4, 0.5) is 5.82 Å². The molecule has 1 atom stereocenters. The lowest BCUT2D eigenvalue weighted by atomic mass is 9.94. The summed E-state index contributed by atoms with van der Waals surface area (Å²) in [4.78, 5) is 22.8. The number of piperidine rings is 1.